The van der Waals surface area contributed by atoms with Gasteiger partial charge in [-0.1, -0.05) is 66.2 Å². The van der Waals surface area contributed by atoms with Crippen LogP contribution in [0.3, 0.4) is 0 Å². The Morgan fingerprint density at radius 1 is 0.974 bits per heavy atom. The van der Waals surface area contributed by atoms with Crippen LogP contribution in [0.5, 0.6) is 0 Å². The summed E-state index contributed by atoms with van der Waals surface area (Å²) in [6, 6.07) is 25.9. The molecule has 1 atom stereocenters. The Hall–Kier alpha value is -3.55. The van der Waals surface area contributed by atoms with Crippen LogP contribution >= 0.6 is 11.6 Å². The normalized spacial score (nSPS) is 15.2. The first kappa shape index (κ1) is 26.1. The fraction of sp³-hybridized carbons (Fsp3) is 0.333. The smallest absolute Gasteiger partial charge is 0.409 e. The number of benzene rings is 3. The minimum absolute atomic E-state index is 0.0113. The number of halogens is 1. The SMILES string of the molecule is C[C@@H](COC(=O)N1CCC(n2c(=O)[nH]c3ccccc32)CC1)N(Cc1ccccc1)Cc1ccc(Cl)cc1. The Balaban J connectivity index is 1.18. The summed E-state index contributed by atoms with van der Waals surface area (Å²) >= 11 is 6.08. The second-order valence-corrected chi connectivity index (χ2v) is 10.4. The fourth-order valence-electron chi connectivity index (χ4n) is 5.14. The highest BCUT2D eigenvalue weighted by Gasteiger charge is 2.27. The van der Waals surface area contributed by atoms with Crippen LogP contribution in [0.2, 0.25) is 5.02 Å². The molecule has 1 aliphatic heterocycles. The van der Waals surface area contributed by atoms with Gasteiger partial charge in [-0.05, 0) is 55.2 Å². The molecule has 1 N–H and O–H groups in total. The van der Waals surface area contributed by atoms with E-state index in [0.29, 0.717) is 37.6 Å². The molecule has 1 saturated heterocycles. The van der Waals surface area contributed by atoms with Gasteiger partial charge in [0.25, 0.3) is 0 Å². The Bertz CT molecular complexity index is 1410. The molecule has 38 heavy (non-hydrogen) atoms. The number of para-hydroxylation sites is 2. The van der Waals surface area contributed by atoms with Crippen LogP contribution in [0.1, 0.15) is 36.9 Å². The van der Waals surface area contributed by atoms with E-state index in [1.807, 2.05) is 71.3 Å². The Labute approximate surface area is 227 Å². The molecule has 3 aromatic carbocycles. The van der Waals surface area contributed by atoms with Gasteiger partial charge < -0.3 is 14.6 Å². The van der Waals surface area contributed by atoms with Gasteiger partial charge >= 0.3 is 11.8 Å². The van der Waals surface area contributed by atoms with Crippen LogP contribution in [0.25, 0.3) is 11.0 Å². The van der Waals surface area contributed by atoms with Crippen molar-refractivity contribution in [2.24, 2.45) is 0 Å². The number of nitrogens with one attached hydrogen (secondary N) is 1. The zero-order valence-electron chi connectivity index (χ0n) is 21.6. The van der Waals surface area contributed by atoms with Gasteiger partial charge in [0, 0.05) is 43.3 Å². The Kier molecular flexibility index (Phi) is 8.15. The lowest BCUT2D eigenvalue weighted by molar-refractivity contribution is 0.0567. The summed E-state index contributed by atoms with van der Waals surface area (Å²) in [7, 11) is 0. The number of aromatic amines is 1. The van der Waals surface area contributed by atoms with Gasteiger partial charge in [-0.25, -0.2) is 9.59 Å². The van der Waals surface area contributed by atoms with Crippen molar-refractivity contribution < 1.29 is 9.53 Å². The molecule has 8 heteroatoms. The number of likely N-dealkylation sites (tertiary alicyclic amines) is 1. The average Bonchev–Trinajstić information content (AvgIpc) is 3.28. The number of rotatable bonds is 8. The molecule has 2 heterocycles. The maximum atomic E-state index is 12.9. The number of fused-ring (bicyclic) bond motifs is 1. The summed E-state index contributed by atoms with van der Waals surface area (Å²) < 4.78 is 7.62. The summed E-state index contributed by atoms with van der Waals surface area (Å²) in [5, 5.41) is 0.712. The molecule has 4 aromatic rings. The number of carbonyl (C=O) groups excluding carboxylic acids is 1. The summed E-state index contributed by atoms with van der Waals surface area (Å²) in [5.74, 6) is 0. The number of aromatic nitrogens is 2. The summed E-state index contributed by atoms with van der Waals surface area (Å²) in [6.07, 6.45) is 1.12. The van der Waals surface area contributed by atoms with Crippen LogP contribution in [0.15, 0.2) is 83.7 Å². The molecule has 0 aliphatic carbocycles. The molecule has 0 saturated carbocycles. The lowest BCUT2D eigenvalue weighted by atomic mass is 10.0. The molecule has 5 rings (SSSR count). The van der Waals surface area contributed by atoms with Crippen molar-refractivity contribution in [2.45, 2.75) is 44.9 Å². The number of imidazole rings is 1. The van der Waals surface area contributed by atoms with E-state index in [1.165, 1.54) is 5.56 Å². The van der Waals surface area contributed by atoms with Crippen LogP contribution < -0.4 is 5.69 Å². The highest BCUT2D eigenvalue weighted by molar-refractivity contribution is 6.30. The Morgan fingerprint density at radius 2 is 1.61 bits per heavy atom. The van der Waals surface area contributed by atoms with E-state index in [-0.39, 0.29) is 23.9 Å². The van der Waals surface area contributed by atoms with Crippen LogP contribution in [0, 0.1) is 0 Å². The highest BCUT2D eigenvalue weighted by Crippen LogP contribution is 2.25. The molecule has 1 aromatic heterocycles. The van der Waals surface area contributed by atoms with Crippen LogP contribution in [-0.2, 0) is 17.8 Å². The van der Waals surface area contributed by atoms with E-state index >= 15 is 0 Å². The predicted octanol–water partition coefficient (Wildman–Crippen LogP) is 5.85. The lowest BCUT2D eigenvalue weighted by Gasteiger charge is -2.33. The number of ether oxygens (including phenoxy) is 1. The number of hydrogen-bond donors (Lipinski definition) is 1. The second kappa shape index (κ2) is 11.9. The maximum Gasteiger partial charge on any atom is 0.409 e. The number of piperidine rings is 1. The third-order valence-corrected chi connectivity index (χ3v) is 7.56. The zero-order valence-corrected chi connectivity index (χ0v) is 22.3. The van der Waals surface area contributed by atoms with Gasteiger partial charge in [0.05, 0.1) is 11.0 Å². The van der Waals surface area contributed by atoms with Crippen molar-refractivity contribution in [2.75, 3.05) is 19.7 Å². The molecule has 1 amide bonds. The predicted molar refractivity (Wildman–Crippen MR) is 150 cm³/mol. The van der Waals surface area contributed by atoms with E-state index in [9.17, 15) is 9.59 Å². The molecule has 0 bridgehead atoms. The molecule has 0 unspecified atom stereocenters. The Morgan fingerprint density at radius 3 is 2.32 bits per heavy atom. The van der Waals surface area contributed by atoms with Crippen molar-refractivity contribution in [1.82, 2.24) is 19.4 Å². The van der Waals surface area contributed by atoms with E-state index in [1.54, 1.807) is 4.90 Å². The van der Waals surface area contributed by atoms with Crippen molar-refractivity contribution >= 4 is 28.7 Å². The first-order valence-corrected chi connectivity index (χ1v) is 13.5. The van der Waals surface area contributed by atoms with Crippen molar-refractivity contribution in [3.63, 3.8) is 0 Å². The number of nitrogens with zero attached hydrogens (tertiary/aromatic N) is 3. The molecular formula is C30H33ClN4O3. The molecular weight excluding hydrogens is 500 g/mol. The average molecular weight is 533 g/mol. The first-order chi connectivity index (χ1) is 18.5. The van der Waals surface area contributed by atoms with Crippen LogP contribution in [-0.4, -0.2) is 51.2 Å². The maximum absolute atomic E-state index is 12.9. The molecule has 0 spiro atoms. The summed E-state index contributed by atoms with van der Waals surface area (Å²) in [5.41, 5.74) is 4.01. The van der Waals surface area contributed by atoms with Gasteiger partial charge in [-0.2, -0.15) is 0 Å². The molecule has 7 nitrogen and oxygen atoms in total. The third-order valence-electron chi connectivity index (χ3n) is 7.31. The van der Waals surface area contributed by atoms with E-state index in [2.05, 4.69) is 28.9 Å². The number of amides is 1. The number of H-pyrrole nitrogens is 1. The van der Waals surface area contributed by atoms with Gasteiger partial charge in [0.1, 0.15) is 6.61 Å². The molecule has 0 radical (unpaired) electrons. The van der Waals surface area contributed by atoms with Gasteiger partial charge in [-0.15, -0.1) is 0 Å². The summed E-state index contributed by atoms with van der Waals surface area (Å²) in [4.78, 5) is 32.5. The van der Waals surface area contributed by atoms with E-state index in [4.69, 9.17) is 16.3 Å². The topological polar surface area (TPSA) is 70.6 Å². The summed E-state index contributed by atoms with van der Waals surface area (Å²) in [6.45, 7) is 4.95. The lowest BCUT2D eigenvalue weighted by Crippen LogP contribution is -2.42. The van der Waals surface area contributed by atoms with E-state index < -0.39 is 0 Å². The van der Waals surface area contributed by atoms with Gasteiger partial charge in [0.15, 0.2) is 0 Å². The number of hydrogen-bond acceptors (Lipinski definition) is 4. The minimum atomic E-state index is -0.298. The standard InChI is InChI=1S/C30H33ClN4O3/c1-22(34(19-23-7-3-2-4-8-23)20-24-11-13-25(31)14-12-24)21-38-30(37)33-17-15-26(16-18-33)35-28-10-6-5-9-27(28)32-29(35)36/h2-14,22,26H,15-21H2,1H3,(H,32,36)/t22-/m0/s1. The minimum Gasteiger partial charge on any atom is -0.448 e. The third kappa shape index (κ3) is 6.11. The highest BCUT2D eigenvalue weighted by atomic mass is 35.5. The molecule has 1 fully saturated rings. The zero-order chi connectivity index (χ0) is 26.5. The quantitative estimate of drug-likeness (QED) is 0.309. The van der Waals surface area contributed by atoms with Crippen molar-refractivity contribution in [1.29, 1.82) is 0 Å². The van der Waals surface area contributed by atoms with Gasteiger partial charge in [-0.3, -0.25) is 9.47 Å². The van der Waals surface area contributed by atoms with Crippen molar-refractivity contribution in [3.8, 4) is 0 Å². The largest absolute Gasteiger partial charge is 0.448 e. The van der Waals surface area contributed by atoms with Gasteiger partial charge in [0.2, 0.25) is 0 Å². The van der Waals surface area contributed by atoms with Crippen LogP contribution in [0.4, 0.5) is 4.79 Å². The number of carbonyl (C=O) groups is 1. The molecule has 198 valence electrons. The monoisotopic (exact) mass is 532 g/mol. The fourth-order valence-corrected chi connectivity index (χ4v) is 5.27. The molecule has 1 aliphatic rings. The second-order valence-electron chi connectivity index (χ2n) is 9.98. The van der Waals surface area contributed by atoms with E-state index in [0.717, 1.165) is 29.7 Å². The first-order valence-electron chi connectivity index (χ1n) is 13.1. The van der Waals surface area contributed by atoms with Crippen molar-refractivity contribution in [3.05, 3.63) is 105 Å².